The van der Waals surface area contributed by atoms with Gasteiger partial charge in [-0.3, -0.25) is 9.80 Å². The average Bonchev–Trinajstić information content (AvgIpc) is 3.35. The van der Waals surface area contributed by atoms with Crippen molar-refractivity contribution in [2.24, 2.45) is 5.92 Å². The lowest BCUT2D eigenvalue weighted by atomic mass is 9.90. The molecule has 0 amide bonds. The molecule has 0 radical (unpaired) electrons. The van der Waals surface area contributed by atoms with Gasteiger partial charge in [-0.05, 0) is 38.1 Å². The third-order valence-corrected chi connectivity index (χ3v) is 6.75. The third kappa shape index (κ3) is 2.91. The van der Waals surface area contributed by atoms with Crippen LogP contribution in [-0.2, 0) is 11.2 Å². The van der Waals surface area contributed by atoms with E-state index in [1.165, 1.54) is 0 Å². The zero-order valence-electron chi connectivity index (χ0n) is 16.4. The van der Waals surface area contributed by atoms with Gasteiger partial charge in [0.2, 0.25) is 6.79 Å². The van der Waals surface area contributed by atoms with Crippen LogP contribution >= 0.6 is 0 Å². The lowest BCUT2D eigenvalue weighted by Crippen LogP contribution is -2.60. The van der Waals surface area contributed by atoms with E-state index in [-0.39, 0.29) is 13.0 Å². The molecule has 28 heavy (non-hydrogen) atoms. The number of aliphatic hydroxyl groups excluding tert-OH is 1. The van der Waals surface area contributed by atoms with Crippen LogP contribution in [0.1, 0.15) is 18.9 Å². The van der Waals surface area contributed by atoms with E-state index in [1.807, 2.05) is 18.2 Å². The van der Waals surface area contributed by atoms with Crippen LogP contribution in [0.25, 0.3) is 0 Å². The van der Waals surface area contributed by atoms with Crippen molar-refractivity contribution in [3.05, 3.63) is 23.8 Å². The molecule has 0 aromatic heterocycles. The Hall–Kier alpha value is -1.42. The number of rotatable bonds is 3. The summed E-state index contributed by atoms with van der Waals surface area (Å²) in [6.45, 7) is 4.56. The summed E-state index contributed by atoms with van der Waals surface area (Å²) in [7, 11) is 2.09. The summed E-state index contributed by atoms with van der Waals surface area (Å²) < 4.78 is 17.1. The van der Waals surface area contributed by atoms with Crippen molar-refractivity contribution in [3.63, 3.8) is 0 Å². The van der Waals surface area contributed by atoms with Crippen molar-refractivity contribution in [3.8, 4) is 11.5 Å². The molecule has 3 N–H and O–H groups in total. The number of ether oxygens (including phenoxy) is 3. The normalized spacial score (nSPS) is 40.8. The molecule has 4 heterocycles. The van der Waals surface area contributed by atoms with Gasteiger partial charge in [-0.1, -0.05) is 6.07 Å². The molecule has 0 aliphatic carbocycles. The van der Waals surface area contributed by atoms with Crippen molar-refractivity contribution in [2.45, 2.75) is 50.0 Å². The van der Waals surface area contributed by atoms with E-state index in [9.17, 15) is 10.2 Å². The van der Waals surface area contributed by atoms with Gasteiger partial charge in [-0.2, -0.15) is 0 Å². The summed E-state index contributed by atoms with van der Waals surface area (Å²) in [6, 6.07) is 5.76. The number of likely N-dealkylation sites (tertiary alicyclic amines) is 1. The fourth-order valence-corrected chi connectivity index (χ4v) is 5.14. The van der Waals surface area contributed by atoms with Crippen molar-refractivity contribution in [2.75, 3.05) is 33.6 Å². The second-order valence-electron chi connectivity index (χ2n) is 8.65. The Labute approximate surface area is 165 Å². The van der Waals surface area contributed by atoms with Gasteiger partial charge < -0.3 is 29.7 Å². The molecular weight excluding hydrogens is 362 g/mol. The van der Waals surface area contributed by atoms with Gasteiger partial charge in [-0.25, -0.2) is 0 Å². The maximum absolute atomic E-state index is 11.1. The maximum Gasteiger partial charge on any atom is 0.231 e. The van der Waals surface area contributed by atoms with Gasteiger partial charge in [0.25, 0.3) is 0 Å². The number of hydrogen-bond donors (Lipinski definition) is 3. The zero-order valence-corrected chi connectivity index (χ0v) is 16.4. The Morgan fingerprint density at radius 1 is 1.29 bits per heavy atom. The largest absolute Gasteiger partial charge is 0.454 e. The predicted octanol–water partition coefficient (Wildman–Crippen LogP) is -0.0649. The first-order chi connectivity index (χ1) is 13.4. The average molecular weight is 391 g/mol. The van der Waals surface area contributed by atoms with Gasteiger partial charge in [0.15, 0.2) is 11.5 Å². The summed E-state index contributed by atoms with van der Waals surface area (Å²) in [5.74, 6) is 1.95. The lowest BCUT2D eigenvalue weighted by molar-refractivity contribution is -0.127. The molecule has 3 saturated heterocycles. The molecule has 8 nitrogen and oxygen atoms in total. The predicted molar refractivity (Wildman–Crippen MR) is 101 cm³/mol. The molecule has 0 spiro atoms. The number of aliphatic hydroxyl groups is 2. The molecule has 3 fully saturated rings. The van der Waals surface area contributed by atoms with Crippen LogP contribution in [0, 0.1) is 5.92 Å². The fraction of sp³-hybridized carbons (Fsp3) is 0.700. The standard InChI is InChI=1S/C20H29N3O5/c1-20(25)16(8-12-3-4-14-15(7-12)27-11-26-14)28-19(17(20)24)23-6-5-13-9-21-10-22(2)18(13)23/h3-4,7,13,16-19,21,24-25H,5-6,8-11H2,1-2H3/t13?,16-,17+,18?,19-,20-/m1/s1. The molecule has 0 bridgehead atoms. The first-order valence-corrected chi connectivity index (χ1v) is 10.1. The Bertz CT molecular complexity index is 745. The minimum absolute atomic E-state index is 0.223. The van der Waals surface area contributed by atoms with Crippen LogP contribution in [-0.4, -0.2) is 83.8 Å². The van der Waals surface area contributed by atoms with Crippen LogP contribution < -0.4 is 14.8 Å². The highest BCUT2D eigenvalue weighted by molar-refractivity contribution is 5.44. The topological polar surface area (TPSA) is 86.7 Å². The number of fused-ring (bicyclic) bond motifs is 2. The van der Waals surface area contributed by atoms with E-state index < -0.39 is 24.0 Å². The molecule has 2 unspecified atom stereocenters. The SMILES string of the molecule is CN1CNCC2CCN([C@@H]3O[C@H](Cc4ccc5c(c4)OCO5)[C@@](C)(O)[C@H]3O)C21. The quantitative estimate of drug-likeness (QED) is 0.661. The van der Waals surface area contributed by atoms with E-state index in [0.717, 1.165) is 37.5 Å². The smallest absolute Gasteiger partial charge is 0.231 e. The highest BCUT2D eigenvalue weighted by Crippen LogP contribution is 2.40. The Kier molecular flexibility index (Phi) is 4.53. The molecule has 1 aromatic rings. The van der Waals surface area contributed by atoms with E-state index >= 15 is 0 Å². The first-order valence-electron chi connectivity index (χ1n) is 10.1. The van der Waals surface area contributed by atoms with Gasteiger partial charge >= 0.3 is 0 Å². The molecule has 0 saturated carbocycles. The second kappa shape index (κ2) is 6.83. The lowest BCUT2D eigenvalue weighted by Gasteiger charge is -2.42. The number of nitrogens with zero attached hydrogens (tertiary/aromatic N) is 2. The van der Waals surface area contributed by atoms with Crippen LogP contribution in [0.2, 0.25) is 0 Å². The molecular formula is C20H29N3O5. The molecule has 4 aliphatic rings. The molecule has 1 aromatic carbocycles. The highest BCUT2D eigenvalue weighted by Gasteiger charge is 2.56. The summed E-state index contributed by atoms with van der Waals surface area (Å²) in [6.07, 6.45) is -0.196. The minimum Gasteiger partial charge on any atom is -0.454 e. The Morgan fingerprint density at radius 2 is 2.11 bits per heavy atom. The van der Waals surface area contributed by atoms with Crippen molar-refractivity contribution in [1.29, 1.82) is 0 Å². The van der Waals surface area contributed by atoms with Crippen LogP contribution in [0.15, 0.2) is 18.2 Å². The van der Waals surface area contributed by atoms with E-state index in [2.05, 4.69) is 22.2 Å². The van der Waals surface area contributed by atoms with E-state index in [1.54, 1.807) is 6.92 Å². The fourth-order valence-electron chi connectivity index (χ4n) is 5.14. The number of benzene rings is 1. The molecule has 8 heteroatoms. The first kappa shape index (κ1) is 18.6. The van der Waals surface area contributed by atoms with Gasteiger partial charge in [-0.15, -0.1) is 0 Å². The summed E-state index contributed by atoms with van der Waals surface area (Å²) in [4.78, 5) is 4.49. The number of hydrogen-bond acceptors (Lipinski definition) is 8. The maximum atomic E-state index is 11.1. The van der Waals surface area contributed by atoms with E-state index in [4.69, 9.17) is 14.2 Å². The zero-order chi connectivity index (χ0) is 19.5. The second-order valence-corrected chi connectivity index (χ2v) is 8.65. The monoisotopic (exact) mass is 391 g/mol. The van der Waals surface area contributed by atoms with Crippen LogP contribution in [0.3, 0.4) is 0 Å². The summed E-state index contributed by atoms with van der Waals surface area (Å²) >= 11 is 0. The highest BCUT2D eigenvalue weighted by atomic mass is 16.7. The Morgan fingerprint density at radius 3 is 2.96 bits per heavy atom. The van der Waals surface area contributed by atoms with Crippen LogP contribution in [0.5, 0.6) is 11.5 Å². The van der Waals surface area contributed by atoms with Crippen molar-refractivity contribution >= 4 is 0 Å². The Balaban J connectivity index is 1.35. The number of nitrogens with one attached hydrogen (secondary N) is 1. The molecule has 5 rings (SSSR count). The summed E-state index contributed by atoms with van der Waals surface area (Å²) in [5, 5.41) is 25.5. The van der Waals surface area contributed by atoms with Crippen molar-refractivity contribution in [1.82, 2.24) is 15.1 Å². The van der Waals surface area contributed by atoms with Crippen LogP contribution in [0.4, 0.5) is 0 Å². The van der Waals surface area contributed by atoms with Gasteiger partial charge in [0, 0.05) is 32.1 Å². The van der Waals surface area contributed by atoms with Crippen molar-refractivity contribution < 1.29 is 24.4 Å². The third-order valence-electron chi connectivity index (χ3n) is 6.75. The minimum atomic E-state index is -1.33. The molecule has 154 valence electrons. The van der Waals surface area contributed by atoms with E-state index in [0.29, 0.717) is 18.1 Å². The van der Waals surface area contributed by atoms with Gasteiger partial charge in [0.1, 0.15) is 17.9 Å². The van der Waals surface area contributed by atoms with Gasteiger partial charge in [0.05, 0.1) is 12.3 Å². The summed E-state index contributed by atoms with van der Waals surface area (Å²) in [5.41, 5.74) is -0.342. The molecule has 4 aliphatic heterocycles. The molecule has 6 atom stereocenters.